The summed E-state index contributed by atoms with van der Waals surface area (Å²) >= 11 is 0. The van der Waals surface area contributed by atoms with Crippen LogP contribution in [0.25, 0.3) is 0 Å². The molecule has 1 aromatic rings. The molecule has 4 rings (SSSR count). The van der Waals surface area contributed by atoms with E-state index in [0.717, 1.165) is 49.6 Å². The molecule has 2 aliphatic heterocycles. The van der Waals surface area contributed by atoms with Crippen molar-refractivity contribution < 1.29 is 14.3 Å². The predicted molar refractivity (Wildman–Crippen MR) is 106 cm³/mol. The van der Waals surface area contributed by atoms with Gasteiger partial charge in [-0.25, -0.2) is 9.97 Å². The normalized spacial score (nSPS) is 32.1. The summed E-state index contributed by atoms with van der Waals surface area (Å²) in [6, 6.07) is -0.0385. The minimum atomic E-state index is -0.0385. The van der Waals surface area contributed by atoms with E-state index in [-0.39, 0.29) is 35.5 Å². The highest BCUT2D eigenvalue weighted by atomic mass is 16.5. The van der Waals surface area contributed by atoms with Gasteiger partial charge in [0.2, 0.25) is 11.9 Å². The zero-order valence-electron chi connectivity index (χ0n) is 17.4. The molecule has 2 fully saturated rings. The number of anilines is 1. The molecular formula is C21H32N4O3. The fourth-order valence-electron chi connectivity index (χ4n) is 4.69. The van der Waals surface area contributed by atoms with Gasteiger partial charge in [0, 0.05) is 31.5 Å². The van der Waals surface area contributed by atoms with Crippen LogP contribution in [0, 0.1) is 11.3 Å². The number of carbonyl (C=O) groups is 1. The zero-order chi connectivity index (χ0) is 19.9. The highest BCUT2D eigenvalue weighted by Gasteiger charge is 2.36. The number of nitrogens with one attached hydrogen (secondary N) is 1. The summed E-state index contributed by atoms with van der Waals surface area (Å²) in [5.74, 6) is 0.823. The maximum absolute atomic E-state index is 12.7. The number of ether oxygens (including phenoxy) is 2. The van der Waals surface area contributed by atoms with E-state index < -0.39 is 0 Å². The van der Waals surface area contributed by atoms with Crippen molar-refractivity contribution in [1.82, 2.24) is 15.3 Å². The maximum atomic E-state index is 12.7. The molecule has 0 saturated carbocycles. The van der Waals surface area contributed by atoms with Gasteiger partial charge in [-0.1, -0.05) is 13.8 Å². The molecule has 1 amide bonds. The van der Waals surface area contributed by atoms with E-state index in [1.165, 1.54) is 0 Å². The molecule has 28 heavy (non-hydrogen) atoms. The summed E-state index contributed by atoms with van der Waals surface area (Å²) < 4.78 is 11.2. The molecule has 0 spiro atoms. The molecule has 4 atom stereocenters. The van der Waals surface area contributed by atoms with Gasteiger partial charge >= 0.3 is 0 Å². The lowest BCUT2D eigenvalue weighted by Crippen LogP contribution is -2.46. The standard InChI is InChI=1S/C21H32N4O3/c1-13-10-25(11-14(2)28-13)20-22-9-16-17(7-21(3,4)8-18(16)24-20)23-19(26)15-5-6-27-12-15/h9,13-15,17H,5-8,10-12H2,1-4H3,(H,23,26)/t13-,14+,15-,17+/m1/s1. The SMILES string of the molecule is C[C@@H]1CN(c2ncc3c(n2)CC(C)(C)C[C@@H]3NC(=O)[C@@H]2CCOC2)C[C@H](C)O1. The van der Waals surface area contributed by atoms with Gasteiger partial charge in [-0.05, 0) is 38.5 Å². The van der Waals surface area contributed by atoms with E-state index in [2.05, 4.69) is 42.9 Å². The number of aromatic nitrogens is 2. The van der Waals surface area contributed by atoms with Crippen LogP contribution in [-0.2, 0) is 20.7 Å². The second-order valence-corrected chi connectivity index (χ2v) is 9.40. The van der Waals surface area contributed by atoms with Crippen LogP contribution >= 0.6 is 0 Å². The average Bonchev–Trinajstić information content (AvgIpc) is 3.14. The monoisotopic (exact) mass is 388 g/mol. The van der Waals surface area contributed by atoms with Gasteiger partial charge in [0.1, 0.15) is 0 Å². The molecule has 7 nitrogen and oxygen atoms in total. The number of amides is 1. The lowest BCUT2D eigenvalue weighted by Gasteiger charge is -2.38. The van der Waals surface area contributed by atoms with Crippen molar-refractivity contribution in [3.63, 3.8) is 0 Å². The molecule has 154 valence electrons. The summed E-state index contributed by atoms with van der Waals surface area (Å²) in [7, 11) is 0. The molecule has 1 aromatic heterocycles. The third-order valence-corrected chi connectivity index (χ3v) is 5.98. The molecule has 0 radical (unpaired) electrons. The van der Waals surface area contributed by atoms with Crippen molar-refractivity contribution in [2.75, 3.05) is 31.2 Å². The highest BCUT2D eigenvalue weighted by molar-refractivity contribution is 5.79. The Morgan fingerprint density at radius 1 is 1.29 bits per heavy atom. The second kappa shape index (κ2) is 7.59. The molecule has 3 aliphatic rings. The summed E-state index contributed by atoms with van der Waals surface area (Å²) in [6.45, 7) is 11.5. The van der Waals surface area contributed by atoms with Crippen molar-refractivity contribution in [2.24, 2.45) is 11.3 Å². The van der Waals surface area contributed by atoms with Gasteiger partial charge in [-0.2, -0.15) is 0 Å². The third-order valence-electron chi connectivity index (χ3n) is 5.98. The van der Waals surface area contributed by atoms with Crippen molar-refractivity contribution in [3.05, 3.63) is 17.5 Å². The smallest absolute Gasteiger partial charge is 0.226 e. The Hall–Kier alpha value is -1.73. The number of morpholine rings is 1. The molecule has 3 heterocycles. The highest BCUT2D eigenvalue weighted by Crippen LogP contribution is 2.40. The quantitative estimate of drug-likeness (QED) is 0.856. The van der Waals surface area contributed by atoms with Crippen molar-refractivity contribution in [3.8, 4) is 0 Å². The van der Waals surface area contributed by atoms with Crippen LogP contribution in [0.15, 0.2) is 6.20 Å². The number of hydrogen-bond donors (Lipinski definition) is 1. The fourth-order valence-corrected chi connectivity index (χ4v) is 4.69. The van der Waals surface area contributed by atoms with Gasteiger partial charge < -0.3 is 19.7 Å². The van der Waals surface area contributed by atoms with Crippen molar-refractivity contribution in [1.29, 1.82) is 0 Å². The number of nitrogens with zero attached hydrogens (tertiary/aromatic N) is 3. The summed E-state index contributed by atoms with van der Waals surface area (Å²) in [5.41, 5.74) is 2.19. The summed E-state index contributed by atoms with van der Waals surface area (Å²) in [6.07, 6.45) is 4.85. The summed E-state index contributed by atoms with van der Waals surface area (Å²) in [5, 5.41) is 3.25. The van der Waals surface area contributed by atoms with Crippen LogP contribution in [0.5, 0.6) is 0 Å². The van der Waals surface area contributed by atoms with E-state index in [9.17, 15) is 4.79 Å². The van der Waals surface area contributed by atoms with Crippen LogP contribution in [0.3, 0.4) is 0 Å². The van der Waals surface area contributed by atoms with Crippen LogP contribution in [0.1, 0.15) is 57.8 Å². The zero-order valence-corrected chi connectivity index (χ0v) is 17.4. The van der Waals surface area contributed by atoms with Gasteiger partial charge in [-0.3, -0.25) is 4.79 Å². The van der Waals surface area contributed by atoms with Crippen molar-refractivity contribution >= 4 is 11.9 Å². The molecule has 1 N–H and O–H groups in total. The van der Waals surface area contributed by atoms with Crippen LogP contribution < -0.4 is 10.2 Å². The lowest BCUT2D eigenvalue weighted by atomic mass is 9.74. The number of rotatable bonds is 3. The first-order chi connectivity index (χ1) is 13.3. The second-order valence-electron chi connectivity index (χ2n) is 9.40. The Labute approximate surface area is 167 Å². The first-order valence-electron chi connectivity index (χ1n) is 10.4. The molecule has 0 bridgehead atoms. The minimum absolute atomic E-state index is 0.0370. The lowest BCUT2D eigenvalue weighted by molar-refractivity contribution is -0.126. The van der Waals surface area contributed by atoms with E-state index in [1.54, 1.807) is 0 Å². The predicted octanol–water partition coefficient (Wildman–Crippen LogP) is 2.26. The van der Waals surface area contributed by atoms with Gasteiger partial charge in [0.05, 0.1) is 36.5 Å². The Bertz CT molecular complexity index is 722. The largest absolute Gasteiger partial charge is 0.381 e. The Balaban J connectivity index is 1.56. The number of carbonyl (C=O) groups excluding carboxylic acids is 1. The van der Waals surface area contributed by atoms with Gasteiger partial charge in [-0.15, -0.1) is 0 Å². The minimum Gasteiger partial charge on any atom is -0.381 e. The topological polar surface area (TPSA) is 76.6 Å². The molecule has 0 aromatic carbocycles. The van der Waals surface area contributed by atoms with E-state index in [1.807, 2.05) is 6.20 Å². The Kier molecular flexibility index (Phi) is 5.31. The number of fused-ring (bicyclic) bond motifs is 1. The van der Waals surface area contributed by atoms with Crippen molar-refractivity contribution in [2.45, 2.75) is 65.2 Å². The van der Waals surface area contributed by atoms with Gasteiger partial charge in [0.15, 0.2) is 0 Å². The molecular weight excluding hydrogens is 356 g/mol. The van der Waals surface area contributed by atoms with Crippen LogP contribution in [0.4, 0.5) is 5.95 Å². The van der Waals surface area contributed by atoms with Gasteiger partial charge in [0.25, 0.3) is 0 Å². The molecule has 2 saturated heterocycles. The summed E-state index contributed by atoms with van der Waals surface area (Å²) in [4.78, 5) is 24.5. The van der Waals surface area contributed by atoms with Crippen LogP contribution in [-0.4, -0.2) is 54.4 Å². The van der Waals surface area contributed by atoms with E-state index in [0.29, 0.717) is 13.2 Å². The van der Waals surface area contributed by atoms with E-state index in [4.69, 9.17) is 14.5 Å². The fraction of sp³-hybridized carbons (Fsp3) is 0.762. The number of hydrogen-bond acceptors (Lipinski definition) is 6. The molecule has 7 heteroatoms. The first kappa shape index (κ1) is 19.6. The maximum Gasteiger partial charge on any atom is 0.226 e. The average molecular weight is 389 g/mol. The molecule has 0 unspecified atom stereocenters. The molecule has 1 aliphatic carbocycles. The first-order valence-corrected chi connectivity index (χ1v) is 10.4. The Morgan fingerprint density at radius 3 is 2.71 bits per heavy atom. The third kappa shape index (κ3) is 4.15. The Morgan fingerprint density at radius 2 is 2.04 bits per heavy atom. The van der Waals surface area contributed by atoms with Crippen LogP contribution in [0.2, 0.25) is 0 Å². The van der Waals surface area contributed by atoms with E-state index >= 15 is 0 Å².